The van der Waals surface area contributed by atoms with E-state index in [9.17, 15) is 4.91 Å². The van der Waals surface area contributed by atoms with Crippen molar-refractivity contribution in [2.24, 2.45) is 4.58 Å². The molecule has 148 valence electrons. The number of benzene rings is 2. The zero-order valence-corrected chi connectivity index (χ0v) is 17.5. The van der Waals surface area contributed by atoms with E-state index in [1.807, 2.05) is 6.07 Å². The minimum Gasteiger partial charge on any atom is -0.490 e. The molecule has 28 heavy (non-hydrogen) atoms. The fourth-order valence-corrected chi connectivity index (χ4v) is 6.50. The van der Waals surface area contributed by atoms with Gasteiger partial charge in [0.1, 0.15) is 11.9 Å². The molecule has 0 N–H and O–H groups in total. The summed E-state index contributed by atoms with van der Waals surface area (Å²) in [6.45, 7) is 2.95. The van der Waals surface area contributed by atoms with E-state index in [0.717, 1.165) is 42.4 Å². The average Bonchev–Trinajstić information content (AvgIpc) is 2.75. The van der Waals surface area contributed by atoms with E-state index in [-0.39, 0.29) is 6.10 Å². The van der Waals surface area contributed by atoms with E-state index in [0.29, 0.717) is 0 Å². The maximum atomic E-state index is 11.3. The largest absolute Gasteiger partial charge is 0.490 e. The van der Waals surface area contributed by atoms with Crippen molar-refractivity contribution in [1.29, 1.82) is 0 Å². The summed E-state index contributed by atoms with van der Waals surface area (Å²) in [5.74, 6) is 3.68. The fraction of sp³-hybridized carbons (Fsp3) is 0.391. The lowest BCUT2D eigenvalue weighted by Crippen LogP contribution is -2.29. The Balaban J connectivity index is 1.63. The SMILES string of the molecule is CCS1(N=O)CCC(Oc2cc(-c3ccccc3)cc3c2CN(C)C=C3)CC1. The second-order valence-corrected chi connectivity index (χ2v) is 11.3. The third-order valence-corrected chi connectivity index (χ3v) is 9.28. The molecule has 2 aliphatic heterocycles. The Kier molecular flexibility index (Phi) is 5.44. The summed E-state index contributed by atoms with van der Waals surface area (Å²) >= 11 is 0. The molecule has 4 nitrogen and oxygen atoms in total. The maximum Gasteiger partial charge on any atom is 0.125 e. The molecule has 5 heteroatoms. The molecule has 2 heterocycles. The van der Waals surface area contributed by atoms with Gasteiger partial charge >= 0.3 is 0 Å². The third-order valence-electron chi connectivity index (χ3n) is 5.90. The summed E-state index contributed by atoms with van der Waals surface area (Å²) in [4.78, 5) is 13.5. The van der Waals surface area contributed by atoms with Crippen molar-refractivity contribution in [3.8, 4) is 16.9 Å². The Morgan fingerprint density at radius 3 is 2.57 bits per heavy atom. The van der Waals surface area contributed by atoms with Gasteiger partial charge < -0.3 is 9.64 Å². The average molecular weight is 397 g/mol. The van der Waals surface area contributed by atoms with Gasteiger partial charge in [0, 0.05) is 30.7 Å². The molecule has 0 amide bonds. The first kappa shape index (κ1) is 19.1. The minimum absolute atomic E-state index is 0.167. The molecule has 0 unspecified atom stereocenters. The standard InChI is InChI=1S/C23H28N2O2S/c1-3-28(24-26)13-10-21(11-14-28)27-23-16-20(18-7-5-4-6-8-18)15-19-9-12-25(2)17-22(19)23/h4-9,12,15-16,21H,3,10-11,13-14,17H2,1-2H3. The molecule has 1 fully saturated rings. The zero-order chi connectivity index (χ0) is 19.6. The van der Waals surface area contributed by atoms with Crippen LogP contribution in [0.2, 0.25) is 0 Å². The van der Waals surface area contributed by atoms with Crippen LogP contribution >= 0.6 is 10.2 Å². The smallest absolute Gasteiger partial charge is 0.125 e. The molecule has 2 aromatic rings. The molecular weight excluding hydrogens is 368 g/mol. The summed E-state index contributed by atoms with van der Waals surface area (Å²) in [7, 11) is 0.781. The van der Waals surface area contributed by atoms with Crippen LogP contribution in [0.5, 0.6) is 5.75 Å². The van der Waals surface area contributed by atoms with Gasteiger partial charge in [-0.15, -0.1) is 15.1 Å². The van der Waals surface area contributed by atoms with E-state index < -0.39 is 10.2 Å². The monoisotopic (exact) mass is 396 g/mol. The quantitative estimate of drug-likeness (QED) is 0.598. The van der Waals surface area contributed by atoms with Gasteiger partial charge in [-0.25, -0.2) is 0 Å². The van der Waals surface area contributed by atoms with E-state index >= 15 is 0 Å². The number of rotatable bonds is 5. The maximum absolute atomic E-state index is 11.3. The van der Waals surface area contributed by atoms with Gasteiger partial charge in [0.05, 0.1) is 0 Å². The summed E-state index contributed by atoms with van der Waals surface area (Å²) in [5, 5.41) is 0. The van der Waals surface area contributed by atoms with Gasteiger partial charge in [-0.1, -0.05) is 37.3 Å². The number of ether oxygens (including phenoxy) is 1. The lowest BCUT2D eigenvalue weighted by Gasteiger charge is -2.38. The first-order valence-electron chi connectivity index (χ1n) is 10.0. The molecule has 2 aromatic carbocycles. The van der Waals surface area contributed by atoms with Gasteiger partial charge in [0.2, 0.25) is 0 Å². The van der Waals surface area contributed by atoms with Crippen LogP contribution in [-0.4, -0.2) is 35.3 Å². The van der Waals surface area contributed by atoms with Gasteiger partial charge in [0.15, 0.2) is 0 Å². The van der Waals surface area contributed by atoms with Crippen molar-refractivity contribution in [3.63, 3.8) is 0 Å². The predicted molar refractivity (Wildman–Crippen MR) is 120 cm³/mol. The first-order chi connectivity index (χ1) is 13.6. The Labute approximate surface area is 169 Å². The Bertz CT molecular complexity index is 874. The highest BCUT2D eigenvalue weighted by Gasteiger charge is 2.32. The van der Waals surface area contributed by atoms with E-state index in [1.54, 1.807) is 0 Å². The highest BCUT2D eigenvalue weighted by Crippen LogP contribution is 2.53. The summed E-state index contributed by atoms with van der Waals surface area (Å²) in [5.41, 5.74) is 4.86. The van der Waals surface area contributed by atoms with Crippen molar-refractivity contribution in [3.05, 3.63) is 64.7 Å². The summed E-state index contributed by atoms with van der Waals surface area (Å²) < 4.78 is 10.1. The van der Waals surface area contributed by atoms with Crippen LogP contribution in [-0.2, 0) is 6.54 Å². The van der Waals surface area contributed by atoms with Crippen molar-refractivity contribution < 1.29 is 4.74 Å². The molecular formula is C23H28N2O2S. The van der Waals surface area contributed by atoms with Crippen LogP contribution in [0.1, 0.15) is 30.9 Å². The number of nitroso groups, excluding NO2 is 1. The van der Waals surface area contributed by atoms with Crippen LogP contribution in [0.15, 0.2) is 53.2 Å². The number of nitrogens with zero attached hydrogens (tertiary/aromatic N) is 2. The van der Waals surface area contributed by atoms with Crippen molar-refractivity contribution in [2.45, 2.75) is 32.4 Å². The van der Waals surface area contributed by atoms with E-state index in [4.69, 9.17) is 4.74 Å². The van der Waals surface area contributed by atoms with Crippen molar-refractivity contribution in [1.82, 2.24) is 4.90 Å². The molecule has 0 aliphatic carbocycles. The Hall–Kier alpha value is -2.27. The van der Waals surface area contributed by atoms with E-state index in [1.165, 1.54) is 22.3 Å². The van der Waals surface area contributed by atoms with Crippen LogP contribution in [0.25, 0.3) is 17.2 Å². The Morgan fingerprint density at radius 2 is 1.89 bits per heavy atom. The number of hydrogen-bond donors (Lipinski definition) is 0. The second kappa shape index (κ2) is 8.00. The van der Waals surface area contributed by atoms with E-state index in [2.05, 4.69) is 72.1 Å². The van der Waals surface area contributed by atoms with Gasteiger partial charge in [-0.3, -0.25) is 0 Å². The van der Waals surface area contributed by atoms with Gasteiger partial charge in [-0.2, -0.15) is 0 Å². The summed E-state index contributed by atoms with van der Waals surface area (Å²) in [6.07, 6.45) is 6.30. The topological polar surface area (TPSA) is 41.9 Å². The molecule has 0 spiro atoms. The van der Waals surface area contributed by atoms with Crippen molar-refractivity contribution in [2.75, 3.05) is 24.3 Å². The Morgan fingerprint density at radius 1 is 1.14 bits per heavy atom. The summed E-state index contributed by atoms with van der Waals surface area (Å²) in [6, 6.07) is 14.9. The lowest BCUT2D eigenvalue weighted by molar-refractivity contribution is 0.188. The van der Waals surface area contributed by atoms with Crippen molar-refractivity contribution >= 4 is 16.3 Å². The molecule has 4 rings (SSSR count). The third kappa shape index (κ3) is 3.81. The number of fused-ring (bicyclic) bond motifs is 1. The molecule has 0 radical (unpaired) electrons. The first-order valence-corrected chi connectivity index (χ1v) is 12.1. The van der Waals surface area contributed by atoms with Crippen LogP contribution < -0.4 is 4.74 Å². The fourth-order valence-electron chi connectivity index (χ4n) is 4.06. The normalized spacial score (nSPS) is 26.2. The molecule has 1 saturated heterocycles. The highest BCUT2D eigenvalue weighted by molar-refractivity contribution is 8.32. The lowest BCUT2D eigenvalue weighted by atomic mass is 9.96. The minimum atomic E-state index is -1.31. The van der Waals surface area contributed by atoms with Crippen LogP contribution in [0, 0.1) is 4.91 Å². The van der Waals surface area contributed by atoms with Gasteiger partial charge in [0.25, 0.3) is 0 Å². The number of hydrogen-bond acceptors (Lipinski definition) is 4. The zero-order valence-electron chi connectivity index (χ0n) is 16.6. The molecule has 0 atom stereocenters. The molecule has 2 aliphatic rings. The predicted octanol–water partition coefficient (Wildman–Crippen LogP) is 5.82. The van der Waals surface area contributed by atoms with Crippen LogP contribution in [0.3, 0.4) is 0 Å². The van der Waals surface area contributed by atoms with Crippen LogP contribution in [0.4, 0.5) is 0 Å². The van der Waals surface area contributed by atoms with Gasteiger partial charge in [-0.05, 0) is 64.3 Å². The molecule has 0 aromatic heterocycles. The second-order valence-electron chi connectivity index (χ2n) is 7.73. The molecule has 0 bridgehead atoms. The highest BCUT2D eigenvalue weighted by atomic mass is 32.3. The molecule has 0 saturated carbocycles.